The van der Waals surface area contributed by atoms with E-state index in [1.807, 2.05) is 66.7 Å². The van der Waals surface area contributed by atoms with Gasteiger partial charge in [-0.1, -0.05) is 69.3 Å². The molecule has 0 aromatic heterocycles. The second-order valence-corrected chi connectivity index (χ2v) is 8.65. The topological polar surface area (TPSA) is 56.8 Å². The van der Waals surface area contributed by atoms with E-state index in [1.54, 1.807) is 20.3 Å². The van der Waals surface area contributed by atoms with Crippen LogP contribution in [0.1, 0.15) is 37.5 Å². The number of ether oxygens (including phenoxy) is 3. The molecule has 0 fully saturated rings. The summed E-state index contributed by atoms with van der Waals surface area (Å²) in [4.78, 5) is 12.6. The Hall–Kier alpha value is -3.73. The summed E-state index contributed by atoms with van der Waals surface area (Å²) in [6, 6.07) is 21.3. The number of hydrogen-bond donors (Lipinski definition) is 1. The summed E-state index contributed by atoms with van der Waals surface area (Å²) < 4.78 is 17.1. The lowest BCUT2D eigenvalue weighted by atomic mass is 9.86. The predicted molar refractivity (Wildman–Crippen MR) is 133 cm³/mol. The fourth-order valence-electron chi connectivity index (χ4n) is 3.46. The molecule has 0 aliphatic rings. The van der Waals surface area contributed by atoms with E-state index in [-0.39, 0.29) is 11.3 Å². The number of para-hydroxylation sites is 1. The average molecular weight is 446 g/mol. The maximum Gasteiger partial charge on any atom is 0.248 e. The van der Waals surface area contributed by atoms with E-state index in [0.717, 1.165) is 22.4 Å². The standard InChI is InChI=1S/C28H31NO4/c1-28(2,3)22-13-9-10-14-23(22)29-26(30)16-15-21-17-24(31-4)27(25(18-21)32-5)33-19-20-11-7-6-8-12-20/h6-18H,19H2,1-5H3,(H,29,30)/b16-15+. The van der Waals surface area contributed by atoms with Gasteiger partial charge in [0.05, 0.1) is 14.2 Å². The summed E-state index contributed by atoms with van der Waals surface area (Å²) in [5, 5.41) is 2.98. The van der Waals surface area contributed by atoms with Crippen molar-refractivity contribution in [3.05, 3.63) is 89.5 Å². The lowest BCUT2D eigenvalue weighted by Gasteiger charge is -2.22. The van der Waals surface area contributed by atoms with Crippen LogP contribution >= 0.6 is 0 Å². The van der Waals surface area contributed by atoms with Crippen LogP contribution in [0.2, 0.25) is 0 Å². The normalized spacial score (nSPS) is 11.3. The number of benzene rings is 3. The summed E-state index contributed by atoms with van der Waals surface area (Å²) in [7, 11) is 3.15. The first-order chi connectivity index (χ1) is 15.8. The molecule has 0 unspecified atom stereocenters. The van der Waals surface area contributed by atoms with Gasteiger partial charge in [-0.15, -0.1) is 0 Å². The molecular formula is C28H31NO4. The van der Waals surface area contributed by atoms with Crippen molar-refractivity contribution in [1.29, 1.82) is 0 Å². The van der Waals surface area contributed by atoms with Gasteiger partial charge >= 0.3 is 0 Å². The van der Waals surface area contributed by atoms with E-state index in [1.165, 1.54) is 6.08 Å². The van der Waals surface area contributed by atoms with E-state index >= 15 is 0 Å². The van der Waals surface area contributed by atoms with Gasteiger partial charge in [0.1, 0.15) is 6.61 Å². The van der Waals surface area contributed by atoms with Crippen LogP contribution in [-0.4, -0.2) is 20.1 Å². The number of rotatable bonds is 8. The highest BCUT2D eigenvalue weighted by Gasteiger charge is 2.18. The molecule has 33 heavy (non-hydrogen) atoms. The molecule has 3 rings (SSSR count). The third kappa shape index (κ3) is 6.39. The lowest BCUT2D eigenvalue weighted by Crippen LogP contribution is -2.17. The van der Waals surface area contributed by atoms with Crippen LogP contribution in [0.15, 0.2) is 72.8 Å². The third-order valence-corrected chi connectivity index (χ3v) is 5.13. The zero-order valence-electron chi connectivity index (χ0n) is 19.8. The van der Waals surface area contributed by atoms with Crippen molar-refractivity contribution in [2.24, 2.45) is 0 Å². The van der Waals surface area contributed by atoms with Gasteiger partial charge in [-0.2, -0.15) is 0 Å². The molecule has 0 radical (unpaired) electrons. The predicted octanol–water partition coefficient (Wildman–Crippen LogP) is 6.23. The van der Waals surface area contributed by atoms with Gasteiger partial charge in [0.15, 0.2) is 11.5 Å². The Morgan fingerprint density at radius 2 is 1.52 bits per heavy atom. The highest BCUT2D eigenvalue weighted by atomic mass is 16.5. The molecule has 0 spiro atoms. The van der Waals surface area contributed by atoms with Crippen molar-refractivity contribution in [3.63, 3.8) is 0 Å². The quantitative estimate of drug-likeness (QED) is 0.418. The summed E-state index contributed by atoms with van der Waals surface area (Å²) in [5.41, 5.74) is 3.60. The average Bonchev–Trinajstić information content (AvgIpc) is 2.81. The SMILES string of the molecule is COc1cc(/C=C/C(=O)Nc2ccccc2C(C)(C)C)cc(OC)c1OCc1ccccc1. The molecule has 3 aromatic rings. The van der Waals surface area contributed by atoms with Crippen molar-refractivity contribution in [2.75, 3.05) is 19.5 Å². The Bertz CT molecular complexity index is 1090. The van der Waals surface area contributed by atoms with Crippen LogP contribution in [0.25, 0.3) is 6.08 Å². The minimum absolute atomic E-state index is 0.0795. The minimum Gasteiger partial charge on any atom is -0.493 e. The molecule has 0 bridgehead atoms. The zero-order valence-corrected chi connectivity index (χ0v) is 19.8. The number of nitrogens with one attached hydrogen (secondary N) is 1. The van der Waals surface area contributed by atoms with Crippen molar-refractivity contribution in [3.8, 4) is 17.2 Å². The summed E-state index contributed by atoms with van der Waals surface area (Å²) in [6.45, 7) is 6.74. The molecule has 5 heteroatoms. The van der Waals surface area contributed by atoms with E-state index in [2.05, 4.69) is 26.1 Å². The van der Waals surface area contributed by atoms with Crippen LogP contribution in [-0.2, 0) is 16.8 Å². The first-order valence-electron chi connectivity index (χ1n) is 10.8. The Labute approximate surface area is 196 Å². The van der Waals surface area contributed by atoms with Gasteiger partial charge < -0.3 is 19.5 Å². The lowest BCUT2D eigenvalue weighted by molar-refractivity contribution is -0.111. The van der Waals surface area contributed by atoms with E-state index in [4.69, 9.17) is 14.2 Å². The summed E-state index contributed by atoms with van der Waals surface area (Å²) in [6.07, 6.45) is 3.22. The first kappa shape index (κ1) is 23.9. The van der Waals surface area contributed by atoms with Gasteiger partial charge in [0.2, 0.25) is 11.7 Å². The molecule has 1 N–H and O–H groups in total. The van der Waals surface area contributed by atoms with Crippen molar-refractivity contribution < 1.29 is 19.0 Å². The smallest absolute Gasteiger partial charge is 0.248 e. The van der Waals surface area contributed by atoms with Crippen LogP contribution in [0, 0.1) is 0 Å². The van der Waals surface area contributed by atoms with E-state index in [0.29, 0.717) is 23.9 Å². The van der Waals surface area contributed by atoms with Gasteiger partial charge in [0, 0.05) is 11.8 Å². The van der Waals surface area contributed by atoms with Gasteiger partial charge in [-0.25, -0.2) is 0 Å². The van der Waals surface area contributed by atoms with Crippen molar-refractivity contribution in [1.82, 2.24) is 0 Å². The number of amides is 1. The fraction of sp³-hybridized carbons (Fsp3) is 0.250. The Balaban J connectivity index is 1.77. The molecule has 0 atom stereocenters. The minimum atomic E-state index is -0.214. The van der Waals surface area contributed by atoms with E-state index in [9.17, 15) is 4.79 Å². The fourth-order valence-corrected chi connectivity index (χ4v) is 3.46. The largest absolute Gasteiger partial charge is 0.493 e. The molecule has 3 aromatic carbocycles. The van der Waals surface area contributed by atoms with Gasteiger partial charge in [-0.3, -0.25) is 4.79 Å². The van der Waals surface area contributed by atoms with Crippen LogP contribution < -0.4 is 19.5 Å². The molecule has 5 nitrogen and oxygen atoms in total. The molecule has 0 saturated carbocycles. The molecule has 0 aliphatic heterocycles. The van der Waals surface area contributed by atoms with Crippen LogP contribution in [0.4, 0.5) is 5.69 Å². The Morgan fingerprint density at radius 3 is 2.12 bits per heavy atom. The Kier molecular flexibility index (Phi) is 7.78. The number of methoxy groups -OCH3 is 2. The monoisotopic (exact) mass is 445 g/mol. The summed E-state index contributed by atoms with van der Waals surface area (Å²) in [5.74, 6) is 1.37. The van der Waals surface area contributed by atoms with Crippen LogP contribution in [0.5, 0.6) is 17.2 Å². The number of anilines is 1. The summed E-state index contributed by atoms with van der Waals surface area (Å²) >= 11 is 0. The highest BCUT2D eigenvalue weighted by Crippen LogP contribution is 2.39. The number of hydrogen-bond acceptors (Lipinski definition) is 4. The maximum atomic E-state index is 12.6. The molecule has 172 valence electrons. The van der Waals surface area contributed by atoms with Crippen LogP contribution in [0.3, 0.4) is 0 Å². The molecule has 0 heterocycles. The van der Waals surface area contributed by atoms with Gasteiger partial charge in [-0.05, 0) is 46.4 Å². The highest BCUT2D eigenvalue weighted by molar-refractivity contribution is 6.02. The molecule has 0 saturated heterocycles. The molecule has 0 aliphatic carbocycles. The first-order valence-corrected chi connectivity index (χ1v) is 10.8. The second-order valence-electron chi connectivity index (χ2n) is 8.65. The second kappa shape index (κ2) is 10.7. The maximum absolute atomic E-state index is 12.6. The van der Waals surface area contributed by atoms with Crippen molar-refractivity contribution >= 4 is 17.7 Å². The molecule has 1 amide bonds. The molecular weight excluding hydrogens is 414 g/mol. The number of carbonyl (C=O) groups is 1. The van der Waals surface area contributed by atoms with Gasteiger partial charge in [0.25, 0.3) is 0 Å². The van der Waals surface area contributed by atoms with E-state index < -0.39 is 0 Å². The Morgan fingerprint density at radius 1 is 0.909 bits per heavy atom. The number of carbonyl (C=O) groups excluding carboxylic acids is 1. The zero-order chi connectivity index (χ0) is 23.8. The third-order valence-electron chi connectivity index (χ3n) is 5.13. The van der Waals surface area contributed by atoms with Crippen molar-refractivity contribution in [2.45, 2.75) is 32.8 Å².